The number of nitrogens with zero attached hydrogens (tertiary/aromatic N) is 5. The summed E-state index contributed by atoms with van der Waals surface area (Å²) in [4.78, 5) is 45.7. The lowest BCUT2D eigenvalue weighted by molar-refractivity contribution is -0.384. The Labute approximate surface area is 220 Å². The van der Waals surface area contributed by atoms with Gasteiger partial charge in [0.15, 0.2) is 5.16 Å². The van der Waals surface area contributed by atoms with Crippen molar-refractivity contribution < 1.29 is 9.72 Å². The Morgan fingerprint density at radius 1 is 1.08 bits per heavy atom. The largest absolute Gasteiger partial charge is 0.368 e. The monoisotopic (exact) mass is 521 g/mol. The Morgan fingerprint density at radius 3 is 2.32 bits per heavy atom. The number of hydrogen-bond acceptors (Lipinski definition) is 7. The molecule has 0 spiro atoms. The van der Waals surface area contributed by atoms with E-state index >= 15 is 0 Å². The highest BCUT2D eigenvalue weighted by atomic mass is 32.2. The number of anilines is 1. The van der Waals surface area contributed by atoms with Crippen LogP contribution in [0.15, 0.2) is 64.5 Å². The van der Waals surface area contributed by atoms with Crippen LogP contribution in [0.2, 0.25) is 0 Å². The van der Waals surface area contributed by atoms with Gasteiger partial charge in [-0.15, -0.1) is 0 Å². The van der Waals surface area contributed by atoms with Crippen LogP contribution < -0.4 is 10.5 Å². The normalized spacial score (nSPS) is 14.5. The van der Waals surface area contributed by atoms with E-state index in [0.717, 1.165) is 11.3 Å². The number of hydrogen-bond donors (Lipinski definition) is 0. The average molecular weight is 522 g/mol. The minimum atomic E-state index is -0.411. The van der Waals surface area contributed by atoms with Crippen LogP contribution in [-0.2, 0) is 18.3 Å². The van der Waals surface area contributed by atoms with Crippen LogP contribution in [0.4, 0.5) is 11.4 Å². The fourth-order valence-electron chi connectivity index (χ4n) is 4.45. The molecule has 194 valence electrons. The molecule has 1 atom stereocenters. The van der Waals surface area contributed by atoms with Crippen molar-refractivity contribution in [3.63, 3.8) is 0 Å². The summed E-state index contributed by atoms with van der Waals surface area (Å²) < 4.78 is 1.55. The number of carbonyl (C=O) groups is 1. The summed E-state index contributed by atoms with van der Waals surface area (Å²) in [6, 6.07) is 16.3. The van der Waals surface area contributed by atoms with Gasteiger partial charge in [0.1, 0.15) is 0 Å². The smallest absolute Gasteiger partial charge is 0.269 e. The molecule has 0 N–H and O–H groups in total. The molecule has 3 aromatic rings. The summed E-state index contributed by atoms with van der Waals surface area (Å²) in [5.41, 5.74) is 3.29. The number of piperazine rings is 1. The van der Waals surface area contributed by atoms with Gasteiger partial charge in [-0.05, 0) is 31.0 Å². The maximum absolute atomic E-state index is 13.4. The van der Waals surface area contributed by atoms with Gasteiger partial charge in [-0.3, -0.25) is 24.3 Å². The number of non-ortho nitro benzene ring substituents is 1. The number of rotatable bonds is 8. The Hall–Kier alpha value is -3.66. The lowest BCUT2D eigenvalue weighted by Gasteiger charge is -2.37. The van der Waals surface area contributed by atoms with E-state index in [1.165, 1.54) is 23.9 Å². The number of aromatic nitrogens is 2. The van der Waals surface area contributed by atoms with E-state index in [0.29, 0.717) is 55.4 Å². The first kappa shape index (κ1) is 26.4. The molecule has 4 rings (SSSR count). The van der Waals surface area contributed by atoms with Crippen molar-refractivity contribution >= 4 is 29.0 Å². The van der Waals surface area contributed by atoms with Gasteiger partial charge in [-0.2, -0.15) is 0 Å². The number of carbonyl (C=O) groups excluding carboxylic acids is 1. The molecular weight excluding hydrogens is 490 g/mol. The van der Waals surface area contributed by atoms with Crippen molar-refractivity contribution in [2.45, 2.75) is 37.1 Å². The molecule has 0 aliphatic carbocycles. The van der Waals surface area contributed by atoms with Crippen molar-refractivity contribution in [1.29, 1.82) is 0 Å². The Kier molecular flexibility index (Phi) is 8.27. The second-order valence-electron chi connectivity index (χ2n) is 9.09. The molecule has 0 saturated carbocycles. The van der Waals surface area contributed by atoms with Gasteiger partial charge in [0.25, 0.3) is 11.2 Å². The van der Waals surface area contributed by atoms with E-state index in [9.17, 15) is 19.7 Å². The van der Waals surface area contributed by atoms with Crippen LogP contribution in [-0.4, -0.2) is 56.7 Å². The number of aryl methyl sites for hydroxylation is 1. The van der Waals surface area contributed by atoms with Gasteiger partial charge < -0.3 is 9.80 Å². The van der Waals surface area contributed by atoms with E-state index in [4.69, 9.17) is 4.98 Å². The first-order chi connectivity index (χ1) is 17.8. The second-order valence-corrected chi connectivity index (χ2v) is 10.3. The molecule has 1 aliphatic rings. The topological polar surface area (TPSA) is 102 Å². The highest BCUT2D eigenvalue weighted by Crippen LogP contribution is 2.27. The summed E-state index contributed by atoms with van der Waals surface area (Å²) in [6.07, 6.45) is 1.14. The third kappa shape index (κ3) is 6.02. The molecular formula is C27H31N5O4S. The Morgan fingerprint density at radius 2 is 1.73 bits per heavy atom. The number of nitro benzene ring substituents is 1. The van der Waals surface area contributed by atoms with Crippen molar-refractivity contribution in [1.82, 2.24) is 14.5 Å². The van der Waals surface area contributed by atoms with Gasteiger partial charge in [-0.1, -0.05) is 49.0 Å². The highest BCUT2D eigenvalue weighted by molar-refractivity contribution is 8.00. The predicted molar refractivity (Wildman–Crippen MR) is 145 cm³/mol. The molecule has 2 aromatic carbocycles. The van der Waals surface area contributed by atoms with Crippen LogP contribution in [0.1, 0.15) is 30.2 Å². The summed E-state index contributed by atoms with van der Waals surface area (Å²) in [5.74, 6) is 0.0381. The lowest BCUT2D eigenvalue weighted by atomic mass is 10.1. The molecule has 1 fully saturated rings. The number of benzene rings is 2. The SMILES string of the molecule is CCC(Sc1nc(C)c(Cc2ccccc2)c(=O)n1C)C(=O)N1CCN(c2ccc([N+](=O)[O-])cc2)CC1. The second kappa shape index (κ2) is 11.6. The molecule has 0 radical (unpaired) electrons. The maximum atomic E-state index is 13.4. The summed E-state index contributed by atoms with van der Waals surface area (Å²) >= 11 is 1.35. The lowest BCUT2D eigenvalue weighted by Crippen LogP contribution is -2.51. The highest BCUT2D eigenvalue weighted by Gasteiger charge is 2.29. The van der Waals surface area contributed by atoms with E-state index in [1.54, 1.807) is 23.7 Å². The molecule has 1 amide bonds. The molecule has 37 heavy (non-hydrogen) atoms. The quantitative estimate of drug-likeness (QED) is 0.192. The van der Waals surface area contributed by atoms with Gasteiger partial charge >= 0.3 is 0 Å². The van der Waals surface area contributed by atoms with Crippen molar-refractivity contribution in [3.05, 3.63) is 91.9 Å². The number of thioether (sulfide) groups is 1. The molecule has 10 heteroatoms. The minimum Gasteiger partial charge on any atom is -0.368 e. The Balaban J connectivity index is 1.42. The van der Waals surface area contributed by atoms with Crippen LogP contribution in [0.5, 0.6) is 0 Å². The third-order valence-corrected chi connectivity index (χ3v) is 8.08. The van der Waals surface area contributed by atoms with Crippen molar-refractivity contribution in [2.24, 2.45) is 7.05 Å². The summed E-state index contributed by atoms with van der Waals surface area (Å²) in [5, 5.41) is 11.1. The van der Waals surface area contributed by atoms with Crippen molar-refractivity contribution in [3.8, 4) is 0 Å². The molecule has 0 bridgehead atoms. The van der Waals surface area contributed by atoms with E-state index in [1.807, 2.05) is 49.1 Å². The van der Waals surface area contributed by atoms with Crippen LogP contribution in [0.3, 0.4) is 0 Å². The van der Waals surface area contributed by atoms with Crippen molar-refractivity contribution in [2.75, 3.05) is 31.1 Å². The minimum absolute atomic E-state index is 0.0381. The van der Waals surface area contributed by atoms with Gasteiger partial charge in [-0.25, -0.2) is 4.98 Å². The van der Waals surface area contributed by atoms with Crippen LogP contribution >= 0.6 is 11.8 Å². The first-order valence-corrected chi connectivity index (χ1v) is 13.2. The summed E-state index contributed by atoms with van der Waals surface area (Å²) in [7, 11) is 1.71. The standard InChI is InChI=1S/C27H31N5O4S/c1-4-24(26(34)31-16-14-30(15-17-31)21-10-12-22(13-11-21)32(35)36)37-27-28-19(2)23(25(33)29(27)3)18-20-8-6-5-7-9-20/h5-13,24H,4,14-18H2,1-3H3. The number of amides is 1. The zero-order chi connectivity index (χ0) is 26.5. The summed E-state index contributed by atoms with van der Waals surface area (Å²) in [6.45, 7) is 6.24. The predicted octanol–water partition coefficient (Wildman–Crippen LogP) is 3.81. The van der Waals surface area contributed by atoms with E-state index < -0.39 is 4.92 Å². The molecule has 1 saturated heterocycles. The van der Waals surface area contributed by atoms with E-state index in [-0.39, 0.29) is 22.4 Å². The van der Waals surface area contributed by atoms with Crippen LogP contribution in [0.25, 0.3) is 0 Å². The number of nitro groups is 1. The zero-order valence-corrected chi connectivity index (χ0v) is 22.1. The molecule has 1 aliphatic heterocycles. The molecule has 1 aromatic heterocycles. The molecule has 2 heterocycles. The van der Waals surface area contributed by atoms with Gasteiger partial charge in [0, 0.05) is 68.7 Å². The zero-order valence-electron chi connectivity index (χ0n) is 21.3. The third-order valence-electron chi connectivity index (χ3n) is 6.68. The fraction of sp³-hybridized carbons (Fsp3) is 0.370. The first-order valence-electron chi connectivity index (χ1n) is 12.3. The van der Waals surface area contributed by atoms with Gasteiger partial charge in [0.2, 0.25) is 5.91 Å². The molecule has 9 nitrogen and oxygen atoms in total. The molecule has 1 unspecified atom stereocenters. The van der Waals surface area contributed by atoms with Crippen LogP contribution in [0, 0.1) is 17.0 Å². The van der Waals surface area contributed by atoms with Gasteiger partial charge in [0.05, 0.1) is 10.2 Å². The maximum Gasteiger partial charge on any atom is 0.269 e. The average Bonchev–Trinajstić information content (AvgIpc) is 2.92. The Bertz CT molecular complexity index is 1320. The van der Waals surface area contributed by atoms with E-state index in [2.05, 4.69) is 4.90 Å². The fourth-order valence-corrected chi connectivity index (χ4v) is 5.55.